The zero-order valence-corrected chi connectivity index (χ0v) is 11.8. The van der Waals surface area contributed by atoms with Crippen molar-refractivity contribution in [1.29, 1.82) is 0 Å². The Kier molecular flexibility index (Phi) is 4.54. The average Bonchev–Trinajstić information content (AvgIpc) is 2.87. The lowest BCUT2D eigenvalue weighted by Gasteiger charge is -2.18. The maximum atomic E-state index is 12.0. The van der Waals surface area contributed by atoms with Crippen molar-refractivity contribution >= 4 is 17.8 Å². The van der Waals surface area contributed by atoms with E-state index in [-0.39, 0.29) is 0 Å². The molecule has 0 bridgehead atoms. The normalized spacial score (nSPS) is 23.3. The molecule has 2 N–H and O–H groups in total. The maximum absolute atomic E-state index is 12.0. The first-order valence-corrected chi connectivity index (χ1v) is 6.19. The van der Waals surface area contributed by atoms with Gasteiger partial charge in [-0.3, -0.25) is 14.4 Å². The molecular formula is C12H17F3N2O4. The molecule has 0 aromatic carbocycles. The number of rotatable bonds is 5. The summed E-state index contributed by atoms with van der Waals surface area (Å²) in [7, 11) is 1.25. The van der Waals surface area contributed by atoms with Gasteiger partial charge in [-0.05, 0) is 5.41 Å². The molecule has 6 nitrogen and oxygen atoms in total. The summed E-state index contributed by atoms with van der Waals surface area (Å²) in [5.74, 6) is -4.22. The smallest absolute Gasteiger partial charge is 0.405 e. The average molecular weight is 310 g/mol. The van der Waals surface area contributed by atoms with Crippen molar-refractivity contribution in [1.82, 2.24) is 10.2 Å². The molecule has 0 radical (unpaired) electrons. The second-order valence-electron chi connectivity index (χ2n) is 5.70. The molecule has 1 fully saturated rings. The van der Waals surface area contributed by atoms with Crippen molar-refractivity contribution in [2.24, 2.45) is 17.3 Å². The molecule has 120 valence electrons. The molecule has 1 saturated carbocycles. The molecule has 0 saturated heterocycles. The van der Waals surface area contributed by atoms with Gasteiger partial charge in [0.25, 0.3) is 0 Å². The van der Waals surface area contributed by atoms with Crippen LogP contribution >= 0.6 is 0 Å². The second kappa shape index (κ2) is 5.53. The molecule has 2 amide bonds. The van der Waals surface area contributed by atoms with E-state index in [1.807, 2.05) is 0 Å². The van der Waals surface area contributed by atoms with Crippen molar-refractivity contribution in [2.45, 2.75) is 20.0 Å². The molecule has 2 atom stereocenters. The molecule has 9 heteroatoms. The fourth-order valence-corrected chi connectivity index (χ4v) is 2.34. The van der Waals surface area contributed by atoms with Gasteiger partial charge in [-0.1, -0.05) is 13.8 Å². The zero-order valence-electron chi connectivity index (χ0n) is 11.8. The van der Waals surface area contributed by atoms with Gasteiger partial charge in [-0.15, -0.1) is 0 Å². The van der Waals surface area contributed by atoms with E-state index >= 15 is 0 Å². The number of halogens is 3. The van der Waals surface area contributed by atoms with Crippen molar-refractivity contribution in [2.75, 3.05) is 20.1 Å². The summed E-state index contributed by atoms with van der Waals surface area (Å²) in [5.41, 5.74) is -0.723. The lowest BCUT2D eigenvalue weighted by molar-refractivity contribution is -0.144. The third-order valence-corrected chi connectivity index (χ3v) is 3.60. The Morgan fingerprint density at radius 1 is 1.24 bits per heavy atom. The highest BCUT2D eigenvalue weighted by atomic mass is 19.4. The van der Waals surface area contributed by atoms with Crippen LogP contribution in [0.25, 0.3) is 0 Å². The third-order valence-electron chi connectivity index (χ3n) is 3.60. The van der Waals surface area contributed by atoms with E-state index in [1.165, 1.54) is 7.05 Å². The van der Waals surface area contributed by atoms with Crippen LogP contribution in [0.4, 0.5) is 13.2 Å². The van der Waals surface area contributed by atoms with Gasteiger partial charge in [0.15, 0.2) is 0 Å². The van der Waals surface area contributed by atoms with E-state index in [1.54, 1.807) is 19.2 Å². The minimum absolute atomic E-state index is 0.548. The number of likely N-dealkylation sites (N-methyl/N-ethyl adjacent to an activating group) is 1. The van der Waals surface area contributed by atoms with Gasteiger partial charge in [0.2, 0.25) is 11.8 Å². The van der Waals surface area contributed by atoms with Crippen molar-refractivity contribution in [3.63, 3.8) is 0 Å². The second-order valence-corrected chi connectivity index (χ2v) is 5.70. The maximum Gasteiger partial charge on any atom is 0.405 e. The number of carbonyl (C=O) groups excluding carboxylic acids is 2. The topological polar surface area (TPSA) is 86.7 Å². The summed E-state index contributed by atoms with van der Waals surface area (Å²) in [6.45, 7) is 1.21. The largest absolute Gasteiger partial charge is 0.481 e. The Labute approximate surface area is 119 Å². The first-order chi connectivity index (χ1) is 9.38. The van der Waals surface area contributed by atoms with Gasteiger partial charge in [-0.25, -0.2) is 0 Å². The number of carboxylic acid groups (broad SMARTS) is 1. The number of nitrogens with one attached hydrogen (secondary N) is 1. The molecule has 21 heavy (non-hydrogen) atoms. The van der Waals surface area contributed by atoms with E-state index < -0.39 is 54.3 Å². The van der Waals surface area contributed by atoms with Gasteiger partial charge in [0.1, 0.15) is 6.54 Å². The Bertz CT molecular complexity index is 462. The fraction of sp³-hybridized carbons (Fsp3) is 0.750. The highest BCUT2D eigenvalue weighted by molar-refractivity contribution is 5.93. The number of aliphatic carboxylic acids is 1. The van der Waals surface area contributed by atoms with Crippen molar-refractivity contribution < 1.29 is 32.7 Å². The van der Waals surface area contributed by atoms with Crippen LogP contribution < -0.4 is 5.32 Å². The summed E-state index contributed by atoms with van der Waals surface area (Å²) in [6, 6.07) is 0. The number of hydrogen-bond donors (Lipinski definition) is 2. The third kappa shape index (κ3) is 4.08. The minimum atomic E-state index is -4.52. The first kappa shape index (κ1) is 17.3. The van der Waals surface area contributed by atoms with E-state index in [0.29, 0.717) is 0 Å². The van der Waals surface area contributed by atoms with Crippen LogP contribution in [0.3, 0.4) is 0 Å². The standard InChI is InChI=1S/C12H17F3N2O4/c1-11(2)7(8(11)10(20)21)9(19)17(3)4-6(18)16-5-12(13,14)15/h7-8H,4-5H2,1-3H3,(H,16,18)(H,20,21). The quantitative estimate of drug-likeness (QED) is 0.773. The first-order valence-electron chi connectivity index (χ1n) is 6.19. The predicted molar refractivity (Wildman–Crippen MR) is 65.1 cm³/mol. The Morgan fingerprint density at radius 2 is 1.76 bits per heavy atom. The van der Waals surface area contributed by atoms with Crippen LogP contribution in [0.5, 0.6) is 0 Å². The predicted octanol–water partition coefficient (Wildman–Crippen LogP) is 0.480. The van der Waals surface area contributed by atoms with Crippen molar-refractivity contribution in [3.8, 4) is 0 Å². The molecule has 0 aromatic heterocycles. The lowest BCUT2D eigenvalue weighted by Crippen LogP contribution is -2.42. The SMILES string of the molecule is CN(CC(=O)NCC(F)(F)F)C(=O)C1C(C(=O)O)C1(C)C. The van der Waals surface area contributed by atoms with E-state index in [0.717, 1.165) is 4.90 Å². The molecular weight excluding hydrogens is 293 g/mol. The van der Waals surface area contributed by atoms with Crippen LogP contribution in [0.2, 0.25) is 0 Å². The van der Waals surface area contributed by atoms with Gasteiger partial charge in [-0.2, -0.15) is 13.2 Å². The van der Waals surface area contributed by atoms with Crippen molar-refractivity contribution in [3.05, 3.63) is 0 Å². The summed E-state index contributed by atoms with van der Waals surface area (Å²) in [6.07, 6.45) is -4.52. The highest BCUT2D eigenvalue weighted by Crippen LogP contribution is 2.58. The van der Waals surface area contributed by atoms with E-state index in [2.05, 4.69) is 0 Å². The van der Waals surface area contributed by atoms with Crippen LogP contribution in [-0.2, 0) is 14.4 Å². The number of carboxylic acids is 1. The fourth-order valence-electron chi connectivity index (χ4n) is 2.34. The van der Waals surface area contributed by atoms with Gasteiger partial charge < -0.3 is 15.3 Å². The summed E-state index contributed by atoms with van der Waals surface area (Å²) in [4.78, 5) is 35.3. The molecule has 1 aliphatic rings. The van der Waals surface area contributed by atoms with E-state index in [9.17, 15) is 27.6 Å². The molecule has 0 heterocycles. The number of carbonyl (C=O) groups is 3. The van der Waals surface area contributed by atoms with Crippen LogP contribution in [0.1, 0.15) is 13.8 Å². The Morgan fingerprint density at radius 3 is 2.14 bits per heavy atom. The zero-order chi connectivity index (χ0) is 16.6. The van der Waals surface area contributed by atoms with Crippen LogP contribution in [0.15, 0.2) is 0 Å². The number of hydrogen-bond acceptors (Lipinski definition) is 3. The van der Waals surface area contributed by atoms with E-state index in [4.69, 9.17) is 5.11 Å². The summed E-state index contributed by atoms with van der Waals surface area (Å²) < 4.78 is 35.8. The lowest BCUT2D eigenvalue weighted by atomic mass is 10.1. The Balaban J connectivity index is 2.53. The van der Waals surface area contributed by atoms with Gasteiger partial charge in [0.05, 0.1) is 18.4 Å². The number of nitrogens with zero attached hydrogens (tertiary/aromatic N) is 1. The molecule has 0 aromatic rings. The molecule has 0 aliphatic heterocycles. The molecule has 1 rings (SSSR count). The number of alkyl halides is 3. The minimum Gasteiger partial charge on any atom is -0.481 e. The molecule has 0 spiro atoms. The molecule has 1 aliphatic carbocycles. The van der Waals surface area contributed by atoms with Gasteiger partial charge >= 0.3 is 12.1 Å². The summed E-state index contributed by atoms with van der Waals surface area (Å²) in [5, 5.41) is 10.6. The van der Waals surface area contributed by atoms with Crippen LogP contribution in [0, 0.1) is 17.3 Å². The van der Waals surface area contributed by atoms with Gasteiger partial charge in [0, 0.05) is 7.05 Å². The highest BCUT2D eigenvalue weighted by Gasteiger charge is 2.66. The van der Waals surface area contributed by atoms with Crippen LogP contribution in [-0.4, -0.2) is 54.1 Å². The molecule has 2 unspecified atom stereocenters. The Hall–Kier alpha value is -1.80. The number of amides is 2. The monoisotopic (exact) mass is 310 g/mol. The summed E-state index contributed by atoms with van der Waals surface area (Å²) >= 11 is 0.